The number of hydrogen-bond donors (Lipinski definition) is 1. The van der Waals surface area contributed by atoms with Gasteiger partial charge in [-0.05, 0) is 52.8 Å². The first-order chi connectivity index (χ1) is 10.7. The van der Waals surface area contributed by atoms with Gasteiger partial charge in [0.1, 0.15) is 0 Å². The van der Waals surface area contributed by atoms with Crippen LogP contribution in [0.25, 0.3) is 11.0 Å². The van der Waals surface area contributed by atoms with Crippen molar-refractivity contribution in [1.82, 2.24) is 15.3 Å². The first-order valence-electron chi connectivity index (χ1n) is 7.39. The van der Waals surface area contributed by atoms with Crippen molar-refractivity contribution in [2.75, 3.05) is 6.61 Å². The lowest BCUT2D eigenvalue weighted by Crippen LogP contribution is -2.42. The number of ether oxygens (including phenoxy) is 1. The molecule has 0 radical (unpaired) electrons. The Morgan fingerprint density at radius 1 is 1.09 bits per heavy atom. The zero-order valence-corrected chi connectivity index (χ0v) is 14.1. The maximum atomic E-state index is 12.1. The molecule has 1 N–H and O–H groups in total. The number of nitrogens with zero attached hydrogens (tertiary/aromatic N) is 2. The number of nitrogens with one attached hydrogen (secondary N) is 1. The summed E-state index contributed by atoms with van der Waals surface area (Å²) in [5.41, 5.74) is 2.99. The fourth-order valence-electron chi connectivity index (χ4n) is 2.03. The molecule has 0 saturated heterocycles. The van der Waals surface area contributed by atoms with Gasteiger partial charge in [-0.15, -0.1) is 0 Å². The van der Waals surface area contributed by atoms with Crippen LogP contribution in [0.15, 0.2) is 18.2 Å². The molecule has 0 aliphatic heterocycles. The zero-order valence-electron chi connectivity index (χ0n) is 14.1. The zero-order chi connectivity index (χ0) is 17.2. The Labute approximate surface area is 135 Å². The molecule has 0 atom stereocenters. The molecule has 2 aromatic rings. The van der Waals surface area contributed by atoms with Crippen LogP contribution < -0.4 is 5.32 Å². The molecule has 2 rings (SSSR count). The summed E-state index contributed by atoms with van der Waals surface area (Å²) in [5, 5.41) is 2.73. The topological polar surface area (TPSA) is 81.2 Å². The molecule has 0 aliphatic rings. The molecule has 0 unspecified atom stereocenters. The Morgan fingerprint density at radius 3 is 2.30 bits per heavy atom. The van der Waals surface area contributed by atoms with Crippen LogP contribution in [0.1, 0.15) is 42.5 Å². The van der Waals surface area contributed by atoms with E-state index in [9.17, 15) is 9.59 Å². The molecule has 6 heteroatoms. The minimum absolute atomic E-state index is 0.313. The summed E-state index contributed by atoms with van der Waals surface area (Å²) in [6, 6.07) is 4.97. The second-order valence-electron chi connectivity index (χ2n) is 6.47. The number of aromatic nitrogens is 2. The van der Waals surface area contributed by atoms with Crippen molar-refractivity contribution in [2.24, 2.45) is 0 Å². The highest BCUT2D eigenvalue weighted by Crippen LogP contribution is 2.15. The number of aryl methyl sites for hydroxylation is 2. The predicted molar refractivity (Wildman–Crippen MR) is 87.2 cm³/mol. The Bertz CT molecular complexity index is 764. The molecule has 0 fully saturated rings. The van der Waals surface area contributed by atoms with E-state index in [0.717, 1.165) is 16.9 Å². The van der Waals surface area contributed by atoms with Crippen LogP contribution in [0.4, 0.5) is 0 Å². The molecular weight excluding hydrogens is 294 g/mol. The summed E-state index contributed by atoms with van der Waals surface area (Å²) in [4.78, 5) is 32.6. The van der Waals surface area contributed by atoms with Crippen molar-refractivity contribution in [2.45, 2.75) is 40.2 Å². The van der Waals surface area contributed by atoms with E-state index in [2.05, 4.69) is 15.3 Å². The van der Waals surface area contributed by atoms with Gasteiger partial charge >= 0.3 is 5.97 Å². The van der Waals surface area contributed by atoms with Gasteiger partial charge < -0.3 is 10.1 Å². The van der Waals surface area contributed by atoms with Crippen molar-refractivity contribution < 1.29 is 14.3 Å². The quantitative estimate of drug-likeness (QED) is 0.879. The van der Waals surface area contributed by atoms with Crippen LogP contribution >= 0.6 is 0 Å². The highest BCUT2D eigenvalue weighted by atomic mass is 16.5. The van der Waals surface area contributed by atoms with Gasteiger partial charge in [-0.25, -0.2) is 14.8 Å². The normalized spacial score (nSPS) is 11.3. The molecule has 0 aliphatic carbocycles. The van der Waals surface area contributed by atoms with Crippen LogP contribution in [0.3, 0.4) is 0 Å². The molecule has 0 spiro atoms. The van der Waals surface area contributed by atoms with E-state index in [1.54, 1.807) is 18.2 Å². The van der Waals surface area contributed by atoms with Crippen LogP contribution in [0, 0.1) is 13.8 Å². The fraction of sp³-hybridized carbons (Fsp3) is 0.412. The van der Waals surface area contributed by atoms with Crippen LogP contribution in [-0.4, -0.2) is 34.0 Å². The maximum Gasteiger partial charge on any atom is 0.338 e. The molecule has 0 saturated carbocycles. The highest BCUT2D eigenvalue weighted by molar-refractivity contribution is 5.94. The molecule has 6 nitrogen and oxygen atoms in total. The number of amides is 1. The lowest BCUT2D eigenvalue weighted by Gasteiger charge is -2.20. The van der Waals surface area contributed by atoms with E-state index >= 15 is 0 Å². The molecule has 1 heterocycles. The van der Waals surface area contributed by atoms with Gasteiger partial charge in [-0.2, -0.15) is 0 Å². The van der Waals surface area contributed by atoms with Crippen molar-refractivity contribution in [3.8, 4) is 0 Å². The highest BCUT2D eigenvalue weighted by Gasteiger charge is 2.16. The number of hydrogen-bond acceptors (Lipinski definition) is 5. The number of benzene rings is 1. The number of fused-ring (bicyclic) bond motifs is 1. The van der Waals surface area contributed by atoms with E-state index in [1.807, 2.05) is 34.6 Å². The van der Waals surface area contributed by atoms with Gasteiger partial charge in [0.05, 0.1) is 28.0 Å². The van der Waals surface area contributed by atoms with Crippen LogP contribution in [0.5, 0.6) is 0 Å². The lowest BCUT2D eigenvalue weighted by molar-refractivity contribution is -0.125. The Hall–Kier alpha value is -2.50. The fourth-order valence-corrected chi connectivity index (χ4v) is 2.03. The molecule has 23 heavy (non-hydrogen) atoms. The van der Waals surface area contributed by atoms with Crippen molar-refractivity contribution in [1.29, 1.82) is 0 Å². The summed E-state index contributed by atoms with van der Waals surface area (Å²) >= 11 is 0. The second-order valence-corrected chi connectivity index (χ2v) is 6.47. The average Bonchev–Trinajstić information content (AvgIpc) is 2.43. The van der Waals surface area contributed by atoms with E-state index in [-0.39, 0.29) is 18.1 Å². The van der Waals surface area contributed by atoms with Crippen molar-refractivity contribution in [3.63, 3.8) is 0 Å². The first kappa shape index (κ1) is 16.9. The third-order valence-corrected chi connectivity index (χ3v) is 3.16. The molecule has 1 amide bonds. The summed E-state index contributed by atoms with van der Waals surface area (Å²) in [6.07, 6.45) is 0. The second kappa shape index (κ2) is 6.32. The van der Waals surface area contributed by atoms with Gasteiger partial charge in [-0.3, -0.25) is 4.79 Å². The SMILES string of the molecule is Cc1nc2ccc(C(=O)OCC(=O)NC(C)(C)C)cc2nc1C. The third-order valence-electron chi connectivity index (χ3n) is 3.16. The summed E-state index contributed by atoms with van der Waals surface area (Å²) < 4.78 is 5.04. The van der Waals surface area contributed by atoms with Gasteiger partial charge in [0.25, 0.3) is 5.91 Å². The number of rotatable bonds is 3. The molecule has 1 aromatic carbocycles. The largest absolute Gasteiger partial charge is 0.452 e. The number of esters is 1. The Morgan fingerprint density at radius 2 is 1.70 bits per heavy atom. The standard InChI is InChI=1S/C17H21N3O3/c1-10-11(2)19-14-8-12(6-7-13(14)18-10)16(22)23-9-15(21)20-17(3,4)5/h6-8H,9H2,1-5H3,(H,20,21). The van der Waals surface area contributed by atoms with E-state index in [0.29, 0.717) is 11.1 Å². The van der Waals surface area contributed by atoms with Gasteiger partial charge in [-0.1, -0.05) is 0 Å². The van der Waals surface area contributed by atoms with E-state index in [4.69, 9.17) is 4.74 Å². The Kier molecular flexibility index (Phi) is 4.63. The third kappa shape index (κ3) is 4.48. The van der Waals surface area contributed by atoms with E-state index < -0.39 is 5.97 Å². The van der Waals surface area contributed by atoms with Gasteiger partial charge in [0, 0.05) is 5.54 Å². The summed E-state index contributed by atoms with van der Waals surface area (Å²) in [7, 11) is 0. The minimum Gasteiger partial charge on any atom is -0.452 e. The van der Waals surface area contributed by atoms with Gasteiger partial charge in [0.2, 0.25) is 0 Å². The van der Waals surface area contributed by atoms with Gasteiger partial charge in [0.15, 0.2) is 6.61 Å². The van der Waals surface area contributed by atoms with Crippen molar-refractivity contribution in [3.05, 3.63) is 35.2 Å². The number of carbonyl (C=O) groups excluding carboxylic acids is 2. The molecular formula is C17H21N3O3. The average molecular weight is 315 g/mol. The first-order valence-corrected chi connectivity index (χ1v) is 7.39. The molecule has 1 aromatic heterocycles. The minimum atomic E-state index is -0.559. The summed E-state index contributed by atoms with van der Waals surface area (Å²) in [5.74, 6) is -0.895. The lowest BCUT2D eigenvalue weighted by atomic mass is 10.1. The molecule has 0 bridgehead atoms. The van der Waals surface area contributed by atoms with E-state index in [1.165, 1.54) is 0 Å². The number of carbonyl (C=O) groups is 2. The Balaban J connectivity index is 2.09. The van der Waals surface area contributed by atoms with Crippen molar-refractivity contribution >= 4 is 22.9 Å². The van der Waals surface area contributed by atoms with Crippen LogP contribution in [0.2, 0.25) is 0 Å². The summed E-state index contributed by atoms with van der Waals surface area (Å²) in [6.45, 7) is 9.02. The smallest absolute Gasteiger partial charge is 0.338 e. The monoisotopic (exact) mass is 315 g/mol. The van der Waals surface area contributed by atoms with Crippen LogP contribution in [-0.2, 0) is 9.53 Å². The predicted octanol–water partition coefficient (Wildman–Crippen LogP) is 2.32. The maximum absolute atomic E-state index is 12.1. The molecule has 122 valence electrons.